The topological polar surface area (TPSA) is 26.7 Å². The fraction of sp³-hybridized carbons (Fsp3) is 1.00. The summed E-state index contributed by atoms with van der Waals surface area (Å²) in [6, 6.07) is 0.563. The van der Waals surface area contributed by atoms with Gasteiger partial charge in [-0.05, 0) is 25.3 Å². The van der Waals surface area contributed by atoms with Gasteiger partial charge in [-0.25, -0.2) is 0 Å². The van der Waals surface area contributed by atoms with E-state index in [0.29, 0.717) is 12.6 Å². The molecule has 1 aliphatic heterocycles. The molecule has 0 saturated carbocycles. The molecule has 0 aromatic rings. The number of aliphatic hydroxyl groups excluding tert-OH is 1. The van der Waals surface area contributed by atoms with E-state index in [9.17, 15) is 5.11 Å². The molecule has 1 fully saturated rings. The Bertz CT molecular complexity index is 209. The SMILES string of the molecule is CCCCCN1CCN(CC(C)C)C(CCO)C1. The van der Waals surface area contributed by atoms with Gasteiger partial charge in [0.05, 0.1) is 0 Å². The van der Waals surface area contributed by atoms with Crippen molar-refractivity contribution in [2.45, 2.75) is 52.5 Å². The van der Waals surface area contributed by atoms with Crippen molar-refractivity contribution >= 4 is 0 Å². The minimum Gasteiger partial charge on any atom is -0.396 e. The molecular formula is C15H32N2O. The number of nitrogens with zero attached hydrogens (tertiary/aromatic N) is 2. The molecule has 3 heteroatoms. The van der Waals surface area contributed by atoms with Gasteiger partial charge >= 0.3 is 0 Å². The molecule has 0 aromatic carbocycles. The molecule has 108 valence electrons. The first kappa shape index (κ1) is 15.9. The quantitative estimate of drug-likeness (QED) is 0.675. The Balaban J connectivity index is 2.38. The van der Waals surface area contributed by atoms with Gasteiger partial charge in [-0.2, -0.15) is 0 Å². The van der Waals surface area contributed by atoms with Crippen LogP contribution in [0.1, 0.15) is 46.5 Å². The van der Waals surface area contributed by atoms with Gasteiger partial charge in [0.15, 0.2) is 0 Å². The second kappa shape index (κ2) is 8.89. The standard InChI is InChI=1S/C15H32N2O/c1-4-5-6-8-16-9-10-17(12-14(2)3)15(13-16)7-11-18/h14-15,18H,4-13H2,1-3H3. The van der Waals surface area contributed by atoms with Gasteiger partial charge in [-0.3, -0.25) is 4.90 Å². The minimum absolute atomic E-state index is 0.321. The first-order chi connectivity index (χ1) is 8.67. The number of piperazine rings is 1. The van der Waals surface area contributed by atoms with Crippen LogP contribution in [0, 0.1) is 5.92 Å². The van der Waals surface area contributed by atoms with Crippen molar-refractivity contribution in [2.75, 3.05) is 39.3 Å². The second-order valence-electron chi connectivity index (χ2n) is 6.06. The van der Waals surface area contributed by atoms with Gasteiger partial charge in [-0.15, -0.1) is 0 Å². The summed E-state index contributed by atoms with van der Waals surface area (Å²) >= 11 is 0. The third-order valence-electron chi connectivity index (χ3n) is 3.83. The van der Waals surface area contributed by atoms with Crippen LogP contribution in [-0.2, 0) is 0 Å². The molecule has 1 rings (SSSR count). The lowest BCUT2D eigenvalue weighted by atomic mass is 10.1. The Morgan fingerprint density at radius 2 is 2.00 bits per heavy atom. The Morgan fingerprint density at radius 3 is 2.61 bits per heavy atom. The van der Waals surface area contributed by atoms with Gasteiger partial charge < -0.3 is 10.0 Å². The molecule has 1 aliphatic rings. The van der Waals surface area contributed by atoms with Crippen molar-refractivity contribution in [1.29, 1.82) is 0 Å². The average Bonchev–Trinajstić information content (AvgIpc) is 2.32. The highest BCUT2D eigenvalue weighted by Crippen LogP contribution is 2.15. The van der Waals surface area contributed by atoms with Crippen LogP contribution in [0.2, 0.25) is 0 Å². The fourth-order valence-electron chi connectivity index (χ4n) is 2.88. The summed E-state index contributed by atoms with van der Waals surface area (Å²) in [5.41, 5.74) is 0. The molecule has 0 bridgehead atoms. The van der Waals surface area contributed by atoms with Crippen molar-refractivity contribution in [3.63, 3.8) is 0 Å². The zero-order chi connectivity index (χ0) is 13.4. The van der Waals surface area contributed by atoms with Gasteiger partial charge in [0.2, 0.25) is 0 Å². The zero-order valence-electron chi connectivity index (χ0n) is 12.6. The van der Waals surface area contributed by atoms with Crippen LogP contribution in [-0.4, -0.2) is 60.3 Å². The Labute approximate surface area is 113 Å². The van der Waals surface area contributed by atoms with E-state index in [0.717, 1.165) is 18.9 Å². The monoisotopic (exact) mass is 256 g/mol. The van der Waals surface area contributed by atoms with Crippen LogP contribution in [0.4, 0.5) is 0 Å². The van der Waals surface area contributed by atoms with Crippen LogP contribution in [0.5, 0.6) is 0 Å². The maximum Gasteiger partial charge on any atom is 0.0446 e. The number of hydrogen-bond acceptors (Lipinski definition) is 3. The lowest BCUT2D eigenvalue weighted by Gasteiger charge is -2.42. The van der Waals surface area contributed by atoms with Crippen LogP contribution in [0.15, 0.2) is 0 Å². The van der Waals surface area contributed by atoms with Crippen LogP contribution in [0.3, 0.4) is 0 Å². The van der Waals surface area contributed by atoms with Gasteiger partial charge in [0.1, 0.15) is 0 Å². The molecule has 1 saturated heterocycles. The normalized spacial score (nSPS) is 22.8. The predicted octanol–water partition coefficient (Wildman–Crippen LogP) is 2.20. The summed E-state index contributed by atoms with van der Waals surface area (Å²) in [7, 11) is 0. The van der Waals surface area contributed by atoms with Crippen LogP contribution in [0.25, 0.3) is 0 Å². The number of rotatable bonds is 8. The summed E-state index contributed by atoms with van der Waals surface area (Å²) in [6.45, 7) is 13.1. The molecule has 0 aromatic heterocycles. The molecule has 0 spiro atoms. The highest BCUT2D eigenvalue weighted by Gasteiger charge is 2.26. The Morgan fingerprint density at radius 1 is 1.22 bits per heavy atom. The third kappa shape index (κ3) is 5.68. The highest BCUT2D eigenvalue weighted by atomic mass is 16.3. The first-order valence-electron chi connectivity index (χ1n) is 7.74. The zero-order valence-corrected chi connectivity index (χ0v) is 12.6. The largest absolute Gasteiger partial charge is 0.396 e. The van der Waals surface area contributed by atoms with Crippen molar-refractivity contribution in [3.8, 4) is 0 Å². The van der Waals surface area contributed by atoms with Crippen molar-refractivity contribution in [2.24, 2.45) is 5.92 Å². The van der Waals surface area contributed by atoms with Gasteiger partial charge in [-0.1, -0.05) is 33.6 Å². The summed E-state index contributed by atoms with van der Waals surface area (Å²) in [5, 5.41) is 9.23. The van der Waals surface area contributed by atoms with E-state index in [2.05, 4.69) is 30.6 Å². The number of hydrogen-bond donors (Lipinski definition) is 1. The maximum absolute atomic E-state index is 9.23. The highest BCUT2D eigenvalue weighted by molar-refractivity contribution is 4.82. The summed E-state index contributed by atoms with van der Waals surface area (Å²) < 4.78 is 0. The minimum atomic E-state index is 0.321. The molecule has 0 aliphatic carbocycles. The molecule has 0 radical (unpaired) electrons. The Kier molecular flexibility index (Phi) is 7.87. The van der Waals surface area contributed by atoms with E-state index in [1.165, 1.54) is 45.4 Å². The third-order valence-corrected chi connectivity index (χ3v) is 3.83. The second-order valence-corrected chi connectivity index (χ2v) is 6.06. The van der Waals surface area contributed by atoms with Crippen LogP contribution < -0.4 is 0 Å². The van der Waals surface area contributed by atoms with Gasteiger partial charge in [0, 0.05) is 38.8 Å². The van der Waals surface area contributed by atoms with E-state index in [4.69, 9.17) is 0 Å². The fourth-order valence-corrected chi connectivity index (χ4v) is 2.88. The molecule has 3 nitrogen and oxygen atoms in total. The average molecular weight is 256 g/mol. The van der Waals surface area contributed by atoms with E-state index in [-0.39, 0.29) is 0 Å². The lowest BCUT2D eigenvalue weighted by Crippen LogP contribution is -2.54. The van der Waals surface area contributed by atoms with Crippen molar-refractivity contribution in [3.05, 3.63) is 0 Å². The molecule has 18 heavy (non-hydrogen) atoms. The smallest absolute Gasteiger partial charge is 0.0446 e. The summed E-state index contributed by atoms with van der Waals surface area (Å²) in [4.78, 5) is 5.17. The lowest BCUT2D eigenvalue weighted by molar-refractivity contribution is 0.0506. The van der Waals surface area contributed by atoms with E-state index < -0.39 is 0 Å². The van der Waals surface area contributed by atoms with Crippen LogP contribution >= 0.6 is 0 Å². The molecule has 1 N–H and O–H groups in total. The molecule has 1 atom stereocenters. The number of aliphatic hydroxyl groups is 1. The predicted molar refractivity (Wildman–Crippen MR) is 77.9 cm³/mol. The molecule has 1 unspecified atom stereocenters. The Hall–Kier alpha value is -0.120. The van der Waals surface area contributed by atoms with E-state index >= 15 is 0 Å². The van der Waals surface area contributed by atoms with Crippen molar-refractivity contribution in [1.82, 2.24) is 9.80 Å². The first-order valence-corrected chi connectivity index (χ1v) is 7.74. The van der Waals surface area contributed by atoms with E-state index in [1.807, 2.05) is 0 Å². The van der Waals surface area contributed by atoms with Crippen molar-refractivity contribution < 1.29 is 5.11 Å². The van der Waals surface area contributed by atoms with E-state index in [1.54, 1.807) is 0 Å². The van der Waals surface area contributed by atoms with Gasteiger partial charge in [0.25, 0.3) is 0 Å². The summed E-state index contributed by atoms with van der Waals surface area (Å²) in [5.74, 6) is 0.720. The maximum atomic E-state index is 9.23. The molecule has 1 heterocycles. The number of unbranched alkanes of at least 4 members (excludes halogenated alkanes) is 2. The molecular weight excluding hydrogens is 224 g/mol. The molecule has 0 amide bonds. The summed E-state index contributed by atoms with van der Waals surface area (Å²) in [6.07, 6.45) is 4.90.